The van der Waals surface area contributed by atoms with Crippen molar-refractivity contribution in [1.29, 1.82) is 0 Å². The van der Waals surface area contributed by atoms with Crippen molar-refractivity contribution in [2.24, 2.45) is 5.73 Å². The van der Waals surface area contributed by atoms with Crippen LogP contribution < -0.4 is 10.5 Å². The summed E-state index contributed by atoms with van der Waals surface area (Å²) in [6.07, 6.45) is 1.18. The molecule has 21 heavy (non-hydrogen) atoms. The van der Waals surface area contributed by atoms with Crippen molar-refractivity contribution in [3.63, 3.8) is 0 Å². The third-order valence-corrected chi connectivity index (χ3v) is 5.33. The van der Waals surface area contributed by atoms with Crippen LogP contribution in [0, 0.1) is 0 Å². The Bertz CT molecular complexity index is 551. The van der Waals surface area contributed by atoms with E-state index in [0.717, 1.165) is 5.56 Å². The average Bonchev–Trinajstić information content (AvgIpc) is 2.49. The van der Waals surface area contributed by atoms with E-state index in [1.807, 2.05) is 0 Å². The van der Waals surface area contributed by atoms with Gasteiger partial charge in [0.25, 0.3) is 0 Å². The van der Waals surface area contributed by atoms with Crippen molar-refractivity contribution in [3.05, 3.63) is 29.8 Å². The van der Waals surface area contributed by atoms with Gasteiger partial charge in [0.15, 0.2) is 0 Å². The van der Waals surface area contributed by atoms with Gasteiger partial charge in [0.05, 0.1) is 11.5 Å². The van der Waals surface area contributed by atoms with Gasteiger partial charge in [-0.15, -0.1) is 0 Å². The molecule has 0 saturated carbocycles. The van der Waals surface area contributed by atoms with Crippen LogP contribution in [0.3, 0.4) is 0 Å². The van der Waals surface area contributed by atoms with Gasteiger partial charge < -0.3 is 15.2 Å². The number of nitrogens with two attached hydrogens (primary N) is 1. The Morgan fingerprint density at radius 1 is 1.29 bits per heavy atom. The van der Waals surface area contributed by atoms with E-state index in [9.17, 15) is 8.42 Å². The molecule has 1 fully saturated rings. The molecule has 0 radical (unpaired) electrons. The van der Waals surface area contributed by atoms with Gasteiger partial charge in [-0.2, -0.15) is 0 Å². The Morgan fingerprint density at radius 2 is 1.90 bits per heavy atom. The smallest absolute Gasteiger partial charge is 0.241 e. The lowest BCUT2D eigenvalue weighted by Gasteiger charge is -2.36. The Morgan fingerprint density at radius 3 is 2.43 bits per heavy atom. The first-order chi connectivity index (χ1) is 10.0. The number of rotatable bonds is 6. The van der Waals surface area contributed by atoms with Crippen molar-refractivity contribution in [3.8, 4) is 0 Å². The molecule has 0 amide bonds. The fourth-order valence-electron chi connectivity index (χ4n) is 2.39. The SMILES string of the molecule is COCc1ccc(S(=O)(=O)NC2(CN)CCOCC2)cc1. The second-order valence-electron chi connectivity index (χ2n) is 5.28. The average molecular weight is 314 g/mol. The van der Waals surface area contributed by atoms with E-state index in [2.05, 4.69) is 4.72 Å². The van der Waals surface area contributed by atoms with Gasteiger partial charge in [-0.1, -0.05) is 12.1 Å². The lowest BCUT2D eigenvalue weighted by molar-refractivity contribution is 0.0502. The minimum atomic E-state index is -3.59. The van der Waals surface area contributed by atoms with E-state index in [1.54, 1.807) is 31.4 Å². The molecule has 3 N–H and O–H groups in total. The summed E-state index contributed by atoms with van der Waals surface area (Å²) in [6, 6.07) is 6.66. The maximum atomic E-state index is 12.5. The normalized spacial score (nSPS) is 18.6. The molecule has 1 aliphatic rings. The van der Waals surface area contributed by atoms with Crippen LogP contribution in [-0.2, 0) is 26.1 Å². The molecule has 1 saturated heterocycles. The number of benzene rings is 1. The molecule has 0 spiro atoms. The highest BCUT2D eigenvalue weighted by atomic mass is 32.2. The van der Waals surface area contributed by atoms with Gasteiger partial charge in [-0.3, -0.25) is 0 Å². The lowest BCUT2D eigenvalue weighted by Crippen LogP contribution is -2.56. The summed E-state index contributed by atoms with van der Waals surface area (Å²) in [6.45, 7) is 1.76. The molecule has 1 aromatic carbocycles. The van der Waals surface area contributed by atoms with Crippen LogP contribution in [0.2, 0.25) is 0 Å². The molecule has 1 aliphatic heterocycles. The fourth-order valence-corrected chi connectivity index (χ4v) is 3.86. The topological polar surface area (TPSA) is 90.7 Å². The maximum Gasteiger partial charge on any atom is 0.241 e. The number of hydrogen-bond donors (Lipinski definition) is 2. The van der Waals surface area contributed by atoms with Crippen molar-refractivity contribution < 1.29 is 17.9 Å². The van der Waals surface area contributed by atoms with Crippen molar-refractivity contribution >= 4 is 10.0 Å². The largest absolute Gasteiger partial charge is 0.381 e. The number of nitrogens with one attached hydrogen (secondary N) is 1. The summed E-state index contributed by atoms with van der Waals surface area (Å²) in [5.41, 5.74) is 6.11. The lowest BCUT2D eigenvalue weighted by atomic mass is 9.92. The van der Waals surface area contributed by atoms with Gasteiger partial charge >= 0.3 is 0 Å². The molecular formula is C14H22N2O4S. The third kappa shape index (κ3) is 4.02. The molecule has 6 nitrogen and oxygen atoms in total. The molecule has 0 bridgehead atoms. The Balaban J connectivity index is 2.16. The molecule has 2 rings (SSSR count). The minimum Gasteiger partial charge on any atom is -0.381 e. The highest BCUT2D eigenvalue weighted by molar-refractivity contribution is 7.89. The predicted octanol–water partition coefficient (Wildman–Crippen LogP) is 0.619. The minimum absolute atomic E-state index is 0.238. The molecule has 0 aromatic heterocycles. The molecule has 1 heterocycles. The summed E-state index contributed by atoms with van der Waals surface area (Å²) in [5.74, 6) is 0. The quantitative estimate of drug-likeness (QED) is 0.803. The molecule has 0 unspecified atom stereocenters. The van der Waals surface area contributed by atoms with E-state index in [-0.39, 0.29) is 11.4 Å². The molecular weight excluding hydrogens is 292 g/mol. The first-order valence-electron chi connectivity index (χ1n) is 6.91. The fraction of sp³-hybridized carbons (Fsp3) is 0.571. The second-order valence-corrected chi connectivity index (χ2v) is 6.96. The molecule has 1 aromatic rings. The highest BCUT2D eigenvalue weighted by Gasteiger charge is 2.35. The zero-order valence-electron chi connectivity index (χ0n) is 12.2. The number of hydrogen-bond acceptors (Lipinski definition) is 5. The second kappa shape index (κ2) is 6.85. The van der Waals surface area contributed by atoms with Crippen LogP contribution in [-0.4, -0.2) is 40.8 Å². The summed E-state index contributed by atoms with van der Waals surface area (Å²) in [4.78, 5) is 0.238. The Kier molecular flexibility index (Phi) is 5.34. The van der Waals surface area contributed by atoms with Crippen LogP contribution in [0.25, 0.3) is 0 Å². The van der Waals surface area contributed by atoms with Crippen LogP contribution in [0.4, 0.5) is 0 Å². The highest BCUT2D eigenvalue weighted by Crippen LogP contribution is 2.23. The Labute approximate surface area is 125 Å². The van der Waals surface area contributed by atoms with Crippen LogP contribution in [0.1, 0.15) is 18.4 Å². The third-order valence-electron chi connectivity index (χ3n) is 3.74. The van der Waals surface area contributed by atoms with Crippen LogP contribution in [0.15, 0.2) is 29.2 Å². The van der Waals surface area contributed by atoms with Gasteiger partial charge in [-0.05, 0) is 30.5 Å². The van der Waals surface area contributed by atoms with Gasteiger partial charge in [0, 0.05) is 32.4 Å². The van der Waals surface area contributed by atoms with Crippen molar-refractivity contribution in [2.75, 3.05) is 26.9 Å². The van der Waals surface area contributed by atoms with E-state index < -0.39 is 15.6 Å². The van der Waals surface area contributed by atoms with Crippen molar-refractivity contribution in [2.45, 2.75) is 29.9 Å². The standard InChI is InChI=1S/C14H22N2O4S/c1-19-10-12-2-4-13(5-3-12)21(17,18)16-14(11-15)6-8-20-9-7-14/h2-5,16H,6-11,15H2,1H3. The number of ether oxygens (including phenoxy) is 2. The zero-order chi connectivity index (χ0) is 15.3. The van der Waals surface area contributed by atoms with E-state index in [1.165, 1.54) is 0 Å². The monoisotopic (exact) mass is 314 g/mol. The van der Waals surface area contributed by atoms with Crippen LogP contribution >= 0.6 is 0 Å². The van der Waals surface area contributed by atoms with Crippen molar-refractivity contribution in [1.82, 2.24) is 4.72 Å². The maximum absolute atomic E-state index is 12.5. The number of methoxy groups -OCH3 is 1. The van der Waals surface area contributed by atoms with E-state index in [4.69, 9.17) is 15.2 Å². The van der Waals surface area contributed by atoms with E-state index in [0.29, 0.717) is 32.7 Å². The molecule has 118 valence electrons. The first-order valence-corrected chi connectivity index (χ1v) is 8.39. The zero-order valence-corrected chi connectivity index (χ0v) is 13.0. The molecule has 0 aliphatic carbocycles. The molecule has 0 atom stereocenters. The summed E-state index contributed by atoms with van der Waals surface area (Å²) >= 11 is 0. The van der Waals surface area contributed by atoms with Crippen LogP contribution in [0.5, 0.6) is 0 Å². The van der Waals surface area contributed by atoms with E-state index >= 15 is 0 Å². The van der Waals surface area contributed by atoms with Gasteiger partial charge in [-0.25, -0.2) is 13.1 Å². The van der Waals surface area contributed by atoms with Gasteiger partial charge in [0.1, 0.15) is 0 Å². The number of sulfonamides is 1. The summed E-state index contributed by atoms with van der Waals surface area (Å²) in [5, 5.41) is 0. The molecule has 7 heteroatoms. The first kappa shape index (κ1) is 16.4. The van der Waals surface area contributed by atoms with Gasteiger partial charge in [0.2, 0.25) is 10.0 Å². The summed E-state index contributed by atoms with van der Waals surface area (Å²) < 4.78 is 38.0. The predicted molar refractivity (Wildman–Crippen MR) is 79.3 cm³/mol. The summed E-state index contributed by atoms with van der Waals surface area (Å²) in [7, 11) is -1.99. The Hall–Kier alpha value is -0.990.